The third kappa shape index (κ3) is 9.72. The molecule has 14 heteroatoms. The molecule has 1 atom stereocenters. The van der Waals surface area contributed by atoms with Crippen molar-refractivity contribution in [3.8, 4) is 0 Å². The maximum absolute atomic E-state index is 13.7. The number of carbonyl (C=O) groups is 3. The highest BCUT2D eigenvalue weighted by Crippen LogP contribution is 2.20. The van der Waals surface area contributed by atoms with Gasteiger partial charge in [-0.3, -0.25) is 5.32 Å². The first kappa shape index (κ1) is 31.3. The van der Waals surface area contributed by atoms with Crippen LogP contribution in [0.15, 0.2) is 48.7 Å². The first-order valence-electron chi connectivity index (χ1n) is 12.7. The summed E-state index contributed by atoms with van der Waals surface area (Å²) < 4.78 is 32.7. The van der Waals surface area contributed by atoms with Crippen LogP contribution in [-0.4, -0.2) is 72.5 Å². The lowest BCUT2D eigenvalue weighted by Crippen LogP contribution is -2.46. The minimum atomic E-state index is -0.833. The number of hydrogen-bond acceptors (Lipinski definition) is 6. The number of hydrogen-bond donors (Lipinski definition) is 5. The van der Waals surface area contributed by atoms with Crippen molar-refractivity contribution in [2.45, 2.75) is 25.4 Å². The van der Waals surface area contributed by atoms with Gasteiger partial charge in [-0.15, -0.1) is 0 Å². The standard InChI is InChI=1S/C27H31ClF2N6O5/c1-36(26(39)34-15-18-4-2-6-22(30)24(18)28)21(5-3-9-31-25(38)32-10-11-37)16-41-27(40)35-23-13-19-12-20(29)8-7-17(19)14-33-23/h2,4,6-8,12-14,21,37H,3,5,9-11,15-16H2,1H3,(H,34,39)(H2,31,32,38)(H,33,35,40). The number of urea groups is 2. The van der Waals surface area contributed by atoms with E-state index in [0.29, 0.717) is 29.2 Å². The quantitative estimate of drug-likeness (QED) is 0.201. The number of aliphatic hydroxyl groups excluding tert-OH is 1. The van der Waals surface area contributed by atoms with Crippen molar-refractivity contribution in [3.05, 3.63) is 70.9 Å². The highest BCUT2D eigenvalue weighted by atomic mass is 35.5. The smallest absolute Gasteiger partial charge is 0.412 e. The van der Waals surface area contributed by atoms with Gasteiger partial charge < -0.3 is 30.7 Å². The summed E-state index contributed by atoms with van der Waals surface area (Å²) in [7, 11) is 1.51. The van der Waals surface area contributed by atoms with Gasteiger partial charge >= 0.3 is 18.2 Å². The molecule has 220 valence electrons. The van der Waals surface area contributed by atoms with Gasteiger partial charge in [-0.1, -0.05) is 23.7 Å². The van der Waals surface area contributed by atoms with Crippen LogP contribution in [0.1, 0.15) is 18.4 Å². The monoisotopic (exact) mass is 592 g/mol. The van der Waals surface area contributed by atoms with E-state index < -0.39 is 35.8 Å². The Bertz CT molecular complexity index is 1370. The molecule has 0 aliphatic rings. The van der Waals surface area contributed by atoms with Crippen LogP contribution < -0.4 is 21.3 Å². The molecular weight excluding hydrogens is 562 g/mol. The summed E-state index contributed by atoms with van der Waals surface area (Å²) in [5.74, 6) is -0.882. The van der Waals surface area contributed by atoms with E-state index in [4.69, 9.17) is 21.4 Å². The number of pyridine rings is 1. The SMILES string of the molecule is CN(C(=O)NCc1cccc(F)c1Cl)C(CCCNC(=O)NCCO)COC(=O)Nc1cc2cc(F)ccc2cn1. The minimum absolute atomic E-state index is 0.0331. The summed E-state index contributed by atoms with van der Waals surface area (Å²) in [6.07, 6.45) is 1.42. The predicted molar refractivity (Wildman–Crippen MR) is 150 cm³/mol. The Morgan fingerprint density at radius 2 is 1.85 bits per heavy atom. The summed E-state index contributed by atoms with van der Waals surface area (Å²) in [4.78, 5) is 42.5. The van der Waals surface area contributed by atoms with E-state index in [1.54, 1.807) is 12.1 Å². The molecule has 1 unspecified atom stereocenters. The number of rotatable bonds is 12. The lowest BCUT2D eigenvalue weighted by Gasteiger charge is -2.28. The zero-order valence-electron chi connectivity index (χ0n) is 22.3. The molecule has 2 aromatic carbocycles. The topological polar surface area (TPSA) is 145 Å². The third-order valence-electron chi connectivity index (χ3n) is 6.05. The molecule has 0 saturated carbocycles. The van der Waals surface area contributed by atoms with E-state index >= 15 is 0 Å². The molecular formula is C27H31ClF2N6O5. The molecule has 41 heavy (non-hydrogen) atoms. The number of nitrogens with zero attached hydrogens (tertiary/aromatic N) is 2. The second-order valence-corrected chi connectivity index (χ2v) is 9.35. The number of benzene rings is 2. The zero-order chi connectivity index (χ0) is 29.8. The zero-order valence-corrected chi connectivity index (χ0v) is 23.0. The minimum Gasteiger partial charge on any atom is -0.447 e. The number of nitrogens with one attached hydrogen (secondary N) is 4. The van der Waals surface area contributed by atoms with Gasteiger partial charge in [-0.05, 0) is 54.1 Å². The number of halogens is 3. The molecule has 0 radical (unpaired) electrons. The van der Waals surface area contributed by atoms with E-state index in [-0.39, 0.29) is 43.7 Å². The molecule has 0 aliphatic heterocycles. The fourth-order valence-corrected chi connectivity index (χ4v) is 3.99. The van der Waals surface area contributed by atoms with E-state index in [9.17, 15) is 23.2 Å². The fraction of sp³-hybridized carbons (Fsp3) is 0.333. The lowest BCUT2D eigenvalue weighted by atomic mass is 10.1. The lowest BCUT2D eigenvalue weighted by molar-refractivity contribution is 0.113. The largest absolute Gasteiger partial charge is 0.447 e. The Morgan fingerprint density at radius 3 is 2.63 bits per heavy atom. The molecule has 3 aromatic rings. The number of amides is 5. The van der Waals surface area contributed by atoms with E-state index in [2.05, 4.69) is 26.3 Å². The Balaban J connectivity index is 1.59. The summed E-state index contributed by atoms with van der Waals surface area (Å²) >= 11 is 5.97. The Kier molecular flexibility index (Phi) is 11.9. The van der Waals surface area contributed by atoms with Crippen molar-refractivity contribution in [3.63, 3.8) is 0 Å². The molecule has 0 spiro atoms. The average Bonchev–Trinajstić information content (AvgIpc) is 2.95. The van der Waals surface area contributed by atoms with Crippen LogP contribution in [0, 0.1) is 11.6 Å². The van der Waals surface area contributed by atoms with Crippen LogP contribution in [0.2, 0.25) is 5.02 Å². The number of ether oxygens (including phenoxy) is 1. The first-order valence-corrected chi connectivity index (χ1v) is 13.1. The number of aliphatic hydroxyl groups is 1. The molecule has 5 N–H and O–H groups in total. The molecule has 3 rings (SSSR count). The van der Waals surface area contributed by atoms with Crippen LogP contribution in [-0.2, 0) is 11.3 Å². The van der Waals surface area contributed by atoms with Crippen molar-refractivity contribution in [2.75, 3.05) is 38.7 Å². The second-order valence-electron chi connectivity index (χ2n) is 8.97. The predicted octanol–water partition coefficient (Wildman–Crippen LogP) is 4.00. The first-order chi connectivity index (χ1) is 19.7. The van der Waals surface area contributed by atoms with Gasteiger partial charge in [0.2, 0.25) is 0 Å². The van der Waals surface area contributed by atoms with Gasteiger partial charge in [0.15, 0.2) is 0 Å². The maximum atomic E-state index is 13.7. The maximum Gasteiger partial charge on any atom is 0.412 e. The van der Waals surface area contributed by atoms with Crippen molar-refractivity contribution >= 4 is 46.3 Å². The Hall–Kier alpha value is -4.23. The summed E-state index contributed by atoms with van der Waals surface area (Å²) in [5.41, 5.74) is 0.390. The van der Waals surface area contributed by atoms with Gasteiger partial charge in [-0.25, -0.2) is 28.1 Å². The molecule has 1 heterocycles. The molecule has 11 nitrogen and oxygen atoms in total. The summed E-state index contributed by atoms with van der Waals surface area (Å²) in [6, 6.07) is 8.38. The second kappa shape index (κ2) is 15.5. The highest BCUT2D eigenvalue weighted by molar-refractivity contribution is 6.31. The number of fused-ring (bicyclic) bond motifs is 1. The molecule has 5 amide bonds. The number of likely N-dealkylation sites (N-methyl/N-ethyl adjacent to an activating group) is 1. The third-order valence-corrected chi connectivity index (χ3v) is 6.47. The van der Waals surface area contributed by atoms with Crippen LogP contribution in [0.4, 0.5) is 29.0 Å². The van der Waals surface area contributed by atoms with Crippen LogP contribution in [0.3, 0.4) is 0 Å². The van der Waals surface area contributed by atoms with Crippen LogP contribution in [0.5, 0.6) is 0 Å². The summed E-state index contributed by atoms with van der Waals surface area (Å²) in [6.45, 7) is -0.0617. The van der Waals surface area contributed by atoms with Crippen LogP contribution in [0.25, 0.3) is 10.8 Å². The fourth-order valence-electron chi connectivity index (χ4n) is 3.80. The van der Waals surface area contributed by atoms with Gasteiger partial charge in [0, 0.05) is 38.3 Å². The Labute approximate surface area is 240 Å². The Morgan fingerprint density at radius 1 is 1.07 bits per heavy atom. The van der Waals surface area contributed by atoms with Crippen molar-refractivity contribution in [1.82, 2.24) is 25.8 Å². The normalized spacial score (nSPS) is 11.4. The van der Waals surface area contributed by atoms with E-state index in [0.717, 1.165) is 0 Å². The average molecular weight is 593 g/mol. The highest BCUT2D eigenvalue weighted by Gasteiger charge is 2.22. The van der Waals surface area contributed by atoms with Gasteiger partial charge in [0.05, 0.1) is 17.7 Å². The molecule has 0 aliphatic carbocycles. The van der Waals surface area contributed by atoms with E-state index in [1.165, 1.54) is 48.5 Å². The molecule has 0 fully saturated rings. The van der Waals surface area contributed by atoms with Crippen molar-refractivity contribution in [2.24, 2.45) is 0 Å². The molecule has 1 aromatic heterocycles. The molecule has 0 bridgehead atoms. The van der Waals surface area contributed by atoms with Crippen molar-refractivity contribution in [1.29, 1.82) is 0 Å². The number of carbonyl (C=O) groups excluding carboxylic acids is 3. The van der Waals surface area contributed by atoms with Crippen molar-refractivity contribution < 1.29 is 33.0 Å². The van der Waals surface area contributed by atoms with E-state index in [1.807, 2.05) is 0 Å². The number of anilines is 1. The van der Waals surface area contributed by atoms with Crippen LogP contribution >= 0.6 is 11.6 Å². The van der Waals surface area contributed by atoms with Gasteiger partial charge in [0.1, 0.15) is 24.1 Å². The number of aromatic nitrogens is 1. The molecule has 0 saturated heterocycles. The van der Waals surface area contributed by atoms with Gasteiger partial charge in [-0.2, -0.15) is 0 Å². The summed E-state index contributed by atoms with van der Waals surface area (Å²) in [5, 5.41) is 20.2. The van der Waals surface area contributed by atoms with Gasteiger partial charge in [0.25, 0.3) is 0 Å².